The number of aromatic nitrogens is 2. The van der Waals surface area contributed by atoms with Gasteiger partial charge in [0.2, 0.25) is 5.95 Å². The summed E-state index contributed by atoms with van der Waals surface area (Å²) in [5.74, 6) is 4.04. The highest BCUT2D eigenvalue weighted by Gasteiger charge is 2.18. The van der Waals surface area contributed by atoms with E-state index >= 15 is 0 Å². The molecule has 6 heteroatoms. The Morgan fingerprint density at radius 1 is 1.07 bits per heavy atom. The summed E-state index contributed by atoms with van der Waals surface area (Å²) >= 11 is 0. The van der Waals surface area contributed by atoms with Crippen LogP contribution in [0.25, 0.3) is 0 Å². The first-order valence-electron chi connectivity index (χ1n) is 9.64. The Kier molecular flexibility index (Phi) is 6.37. The molecule has 0 unspecified atom stereocenters. The molecule has 1 aromatic heterocycles. The zero-order valence-electron chi connectivity index (χ0n) is 16.8. The Labute approximate surface area is 161 Å². The van der Waals surface area contributed by atoms with Crippen LogP contribution in [-0.4, -0.2) is 43.8 Å². The van der Waals surface area contributed by atoms with Gasteiger partial charge in [-0.05, 0) is 49.8 Å². The van der Waals surface area contributed by atoms with E-state index < -0.39 is 0 Å². The quantitative estimate of drug-likeness (QED) is 0.802. The Morgan fingerprint density at radius 2 is 1.81 bits per heavy atom. The monoisotopic (exact) mass is 370 g/mol. The highest BCUT2D eigenvalue weighted by atomic mass is 16.5. The molecule has 0 radical (unpaired) electrons. The molecular formula is C21H30N4O2. The molecule has 0 amide bonds. The lowest BCUT2D eigenvalue weighted by Gasteiger charge is -2.31. The number of aryl methyl sites for hydroxylation is 1. The Bertz CT molecular complexity index is 758. The topological polar surface area (TPSA) is 59.5 Å². The summed E-state index contributed by atoms with van der Waals surface area (Å²) in [5.41, 5.74) is 2.17. The molecule has 0 atom stereocenters. The highest BCUT2D eigenvalue weighted by Crippen LogP contribution is 2.27. The number of methoxy groups -OCH3 is 2. The van der Waals surface area contributed by atoms with Crippen LogP contribution in [0.1, 0.15) is 31.0 Å². The average Bonchev–Trinajstić information content (AvgIpc) is 2.68. The molecule has 3 rings (SSSR count). The first-order valence-corrected chi connectivity index (χ1v) is 9.64. The van der Waals surface area contributed by atoms with Gasteiger partial charge < -0.3 is 19.7 Å². The van der Waals surface area contributed by atoms with Crippen molar-refractivity contribution in [1.29, 1.82) is 0 Å². The first-order chi connectivity index (χ1) is 13.1. The zero-order chi connectivity index (χ0) is 19.2. The molecular weight excluding hydrogens is 340 g/mol. The third-order valence-corrected chi connectivity index (χ3v) is 5.09. The summed E-state index contributed by atoms with van der Waals surface area (Å²) in [5, 5.41) is 3.37. The van der Waals surface area contributed by atoms with Crippen molar-refractivity contribution in [2.24, 2.45) is 5.92 Å². The minimum Gasteiger partial charge on any atom is -0.493 e. The van der Waals surface area contributed by atoms with Crippen molar-refractivity contribution in [3.05, 3.63) is 35.5 Å². The van der Waals surface area contributed by atoms with Gasteiger partial charge in [-0.3, -0.25) is 0 Å². The lowest BCUT2D eigenvalue weighted by Crippen LogP contribution is -2.33. The van der Waals surface area contributed by atoms with Crippen LogP contribution in [0.3, 0.4) is 0 Å². The van der Waals surface area contributed by atoms with Crippen LogP contribution in [-0.2, 0) is 6.42 Å². The summed E-state index contributed by atoms with van der Waals surface area (Å²) in [6.07, 6.45) is 3.31. The van der Waals surface area contributed by atoms with Crippen LogP contribution in [0.5, 0.6) is 11.5 Å². The Morgan fingerprint density at radius 3 is 2.52 bits per heavy atom. The fourth-order valence-corrected chi connectivity index (χ4v) is 3.39. The average molecular weight is 370 g/mol. The van der Waals surface area contributed by atoms with Gasteiger partial charge in [-0.15, -0.1) is 0 Å². The number of hydrogen-bond acceptors (Lipinski definition) is 6. The predicted octanol–water partition coefficient (Wildman–Crippen LogP) is 3.69. The maximum atomic E-state index is 5.37. The van der Waals surface area contributed by atoms with Gasteiger partial charge in [0, 0.05) is 31.4 Å². The van der Waals surface area contributed by atoms with E-state index in [1.165, 1.54) is 18.4 Å². The van der Waals surface area contributed by atoms with E-state index in [2.05, 4.69) is 34.3 Å². The largest absolute Gasteiger partial charge is 0.493 e. The maximum absolute atomic E-state index is 5.37. The molecule has 0 saturated carbocycles. The zero-order valence-corrected chi connectivity index (χ0v) is 16.8. The van der Waals surface area contributed by atoms with Crippen molar-refractivity contribution in [2.45, 2.75) is 33.1 Å². The van der Waals surface area contributed by atoms with Gasteiger partial charge in [-0.1, -0.05) is 13.0 Å². The first kappa shape index (κ1) is 19.3. The van der Waals surface area contributed by atoms with Crippen molar-refractivity contribution in [1.82, 2.24) is 9.97 Å². The number of anilines is 2. The van der Waals surface area contributed by atoms with Crippen molar-refractivity contribution >= 4 is 11.8 Å². The molecule has 0 spiro atoms. The SMILES string of the molecule is COc1ccc(CCNc2nc(C)cc(N3CCC(C)CC3)n2)cc1OC. The molecule has 1 N–H and O–H groups in total. The van der Waals surface area contributed by atoms with Gasteiger partial charge in [0.1, 0.15) is 5.82 Å². The van der Waals surface area contributed by atoms with Gasteiger partial charge in [0.25, 0.3) is 0 Å². The van der Waals surface area contributed by atoms with Crippen LogP contribution in [0.15, 0.2) is 24.3 Å². The number of nitrogens with zero attached hydrogens (tertiary/aromatic N) is 3. The number of hydrogen-bond donors (Lipinski definition) is 1. The lowest BCUT2D eigenvalue weighted by atomic mass is 9.99. The molecule has 146 valence electrons. The standard InChI is InChI=1S/C21H30N4O2/c1-15-8-11-25(12-9-15)20-13-16(2)23-21(24-20)22-10-7-17-5-6-18(26-3)19(14-17)27-4/h5-6,13-15H,7-12H2,1-4H3,(H,22,23,24). The second-order valence-electron chi connectivity index (χ2n) is 7.23. The molecule has 6 nitrogen and oxygen atoms in total. The summed E-state index contributed by atoms with van der Waals surface area (Å²) in [4.78, 5) is 11.6. The molecule has 1 aromatic carbocycles. The van der Waals surface area contributed by atoms with Gasteiger partial charge in [0.05, 0.1) is 14.2 Å². The van der Waals surface area contributed by atoms with E-state index in [0.717, 1.165) is 55.0 Å². The molecule has 1 aliphatic heterocycles. The molecule has 1 fully saturated rings. The fraction of sp³-hybridized carbons (Fsp3) is 0.524. The van der Waals surface area contributed by atoms with E-state index in [0.29, 0.717) is 5.95 Å². The lowest BCUT2D eigenvalue weighted by molar-refractivity contribution is 0.354. The Hall–Kier alpha value is -2.50. The van der Waals surface area contributed by atoms with E-state index in [1.807, 2.05) is 19.1 Å². The number of ether oxygens (including phenoxy) is 2. The van der Waals surface area contributed by atoms with Gasteiger partial charge in [-0.25, -0.2) is 4.98 Å². The van der Waals surface area contributed by atoms with Crippen LogP contribution in [0.4, 0.5) is 11.8 Å². The third-order valence-electron chi connectivity index (χ3n) is 5.09. The Balaban J connectivity index is 1.61. The number of piperidine rings is 1. The van der Waals surface area contributed by atoms with Crippen molar-refractivity contribution in [3.8, 4) is 11.5 Å². The normalized spacial score (nSPS) is 14.9. The minimum absolute atomic E-state index is 0.698. The molecule has 27 heavy (non-hydrogen) atoms. The van der Waals surface area contributed by atoms with E-state index in [1.54, 1.807) is 14.2 Å². The van der Waals surface area contributed by atoms with E-state index in [-0.39, 0.29) is 0 Å². The fourth-order valence-electron chi connectivity index (χ4n) is 3.39. The maximum Gasteiger partial charge on any atom is 0.224 e. The molecule has 0 aliphatic carbocycles. The van der Waals surface area contributed by atoms with Gasteiger partial charge in [0.15, 0.2) is 11.5 Å². The van der Waals surface area contributed by atoms with Crippen LogP contribution in [0, 0.1) is 12.8 Å². The molecule has 1 aliphatic rings. The van der Waals surface area contributed by atoms with Crippen LogP contribution < -0.4 is 19.7 Å². The second-order valence-corrected chi connectivity index (χ2v) is 7.23. The highest BCUT2D eigenvalue weighted by molar-refractivity contribution is 5.46. The van der Waals surface area contributed by atoms with Gasteiger partial charge >= 0.3 is 0 Å². The molecule has 0 bridgehead atoms. The summed E-state index contributed by atoms with van der Waals surface area (Å²) < 4.78 is 10.7. The van der Waals surface area contributed by atoms with Crippen molar-refractivity contribution in [2.75, 3.05) is 44.1 Å². The summed E-state index contributed by atoms with van der Waals surface area (Å²) in [7, 11) is 3.30. The number of benzene rings is 1. The number of rotatable bonds is 7. The van der Waals surface area contributed by atoms with Crippen molar-refractivity contribution in [3.63, 3.8) is 0 Å². The molecule has 1 saturated heterocycles. The van der Waals surface area contributed by atoms with Crippen molar-refractivity contribution < 1.29 is 9.47 Å². The van der Waals surface area contributed by atoms with E-state index in [9.17, 15) is 0 Å². The molecule has 2 aromatic rings. The van der Waals surface area contributed by atoms with Gasteiger partial charge in [-0.2, -0.15) is 4.98 Å². The third kappa shape index (κ3) is 5.02. The second kappa shape index (κ2) is 8.93. The summed E-state index contributed by atoms with van der Waals surface area (Å²) in [6, 6.07) is 8.08. The predicted molar refractivity (Wildman–Crippen MR) is 109 cm³/mol. The smallest absolute Gasteiger partial charge is 0.224 e. The summed E-state index contributed by atoms with van der Waals surface area (Å²) in [6.45, 7) is 7.25. The molecule has 2 heterocycles. The number of nitrogens with one attached hydrogen (secondary N) is 1. The van der Waals surface area contributed by atoms with Crippen LogP contribution in [0.2, 0.25) is 0 Å². The van der Waals surface area contributed by atoms with E-state index in [4.69, 9.17) is 14.5 Å². The van der Waals surface area contributed by atoms with Crippen LogP contribution >= 0.6 is 0 Å². The minimum atomic E-state index is 0.698.